The molecule has 3 N–H and O–H groups in total. The summed E-state index contributed by atoms with van der Waals surface area (Å²) >= 11 is 0. The van der Waals surface area contributed by atoms with Crippen LogP contribution in [0.25, 0.3) is 0 Å². The molecule has 0 aromatic carbocycles. The highest BCUT2D eigenvalue weighted by atomic mass is 16.4. The molecule has 1 aliphatic carbocycles. The average Bonchev–Trinajstić information content (AvgIpc) is 2.43. The van der Waals surface area contributed by atoms with Gasteiger partial charge >= 0.3 is 5.97 Å². The minimum Gasteiger partial charge on any atom is -0.481 e. The predicted molar refractivity (Wildman–Crippen MR) is 32.9 cm³/mol. The van der Waals surface area contributed by atoms with Crippen molar-refractivity contribution in [2.45, 2.75) is 13.3 Å². The summed E-state index contributed by atoms with van der Waals surface area (Å²) in [6.07, 6.45) is 0.749. The van der Waals surface area contributed by atoms with Crippen LogP contribution in [0.5, 0.6) is 0 Å². The van der Waals surface area contributed by atoms with E-state index >= 15 is 0 Å². The summed E-state index contributed by atoms with van der Waals surface area (Å²) < 4.78 is 0. The van der Waals surface area contributed by atoms with Gasteiger partial charge in [-0.15, -0.1) is 0 Å². The number of nitrogens with two attached hydrogens (primary N) is 1. The van der Waals surface area contributed by atoms with Gasteiger partial charge in [-0.25, -0.2) is 0 Å². The number of carboxylic acid groups (broad SMARTS) is 1. The van der Waals surface area contributed by atoms with E-state index in [2.05, 4.69) is 0 Å². The van der Waals surface area contributed by atoms with Crippen LogP contribution < -0.4 is 5.73 Å². The highest BCUT2D eigenvalue weighted by Gasteiger charge is 2.56. The van der Waals surface area contributed by atoms with E-state index in [0.717, 1.165) is 6.42 Å². The van der Waals surface area contributed by atoms with Crippen LogP contribution in [0.1, 0.15) is 13.3 Å². The van der Waals surface area contributed by atoms with Gasteiger partial charge in [-0.05, 0) is 12.3 Å². The lowest BCUT2D eigenvalue weighted by molar-refractivity contribution is -0.143. The second-order valence-electron chi connectivity index (χ2n) is 2.77. The Morgan fingerprint density at radius 1 is 2.00 bits per heavy atom. The average molecular weight is 129 g/mol. The molecular weight excluding hydrogens is 118 g/mol. The second kappa shape index (κ2) is 1.70. The monoisotopic (exact) mass is 129 g/mol. The van der Waals surface area contributed by atoms with E-state index in [-0.39, 0.29) is 12.5 Å². The minimum atomic E-state index is -0.738. The molecule has 1 saturated carbocycles. The molecule has 3 nitrogen and oxygen atoms in total. The molecule has 0 unspecified atom stereocenters. The van der Waals surface area contributed by atoms with Crippen molar-refractivity contribution in [1.82, 2.24) is 0 Å². The number of rotatable bonds is 2. The van der Waals surface area contributed by atoms with Crippen molar-refractivity contribution in [3.05, 3.63) is 0 Å². The molecule has 0 heterocycles. The SMILES string of the molecule is C[C@H]1C[C@]1(CN)C(=O)O. The van der Waals surface area contributed by atoms with E-state index in [1.54, 1.807) is 0 Å². The number of carbonyl (C=O) groups is 1. The van der Waals surface area contributed by atoms with Gasteiger partial charge in [0.1, 0.15) is 0 Å². The Morgan fingerprint density at radius 2 is 2.44 bits per heavy atom. The zero-order chi connectivity index (χ0) is 7.07. The summed E-state index contributed by atoms with van der Waals surface area (Å²) in [6.45, 7) is 2.20. The summed E-state index contributed by atoms with van der Waals surface area (Å²) in [7, 11) is 0. The van der Waals surface area contributed by atoms with Gasteiger partial charge in [0, 0.05) is 6.54 Å². The smallest absolute Gasteiger partial charge is 0.311 e. The molecule has 52 valence electrons. The quantitative estimate of drug-likeness (QED) is 0.554. The van der Waals surface area contributed by atoms with E-state index in [0.29, 0.717) is 0 Å². The molecule has 0 saturated heterocycles. The van der Waals surface area contributed by atoms with Crippen LogP contribution >= 0.6 is 0 Å². The zero-order valence-corrected chi connectivity index (χ0v) is 5.42. The standard InChI is InChI=1S/C6H11NO2/c1-4-2-6(4,3-7)5(8)9/h4H,2-3,7H2,1H3,(H,8,9)/t4-,6+/m0/s1. The first-order chi connectivity index (χ1) is 4.13. The van der Waals surface area contributed by atoms with E-state index < -0.39 is 11.4 Å². The molecule has 9 heavy (non-hydrogen) atoms. The fourth-order valence-corrected chi connectivity index (χ4v) is 1.16. The Kier molecular flexibility index (Phi) is 1.24. The largest absolute Gasteiger partial charge is 0.481 e. The van der Waals surface area contributed by atoms with Crippen LogP contribution in [0.2, 0.25) is 0 Å². The highest BCUT2D eigenvalue weighted by molar-refractivity contribution is 5.78. The topological polar surface area (TPSA) is 63.3 Å². The molecule has 0 aromatic rings. The second-order valence-corrected chi connectivity index (χ2v) is 2.77. The predicted octanol–water partition coefficient (Wildman–Crippen LogP) is 0.0559. The van der Waals surface area contributed by atoms with Crippen LogP contribution in [-0.4, -0.2) is 17.6 Å². The van der Waals surface area contributed by atoms with Crippen molar-refractivity contribution in [2.75, 3.05) is 6.54 Å². The fourth-order valence-electron chi connectivity index (χ4n) is 1.16. The summed E-state index contributed by atoms with van der Waals surface area (Å²) in [5.74, 6) is -0.461. The first-order valence-corrected chi connectivity index (χ1v) is 3.07. The van der Waals surface area contributed by atoms with E-state index in [1.807, 2.05) is 6.92 Å². The third-order valence-corrected chi connectivity index (χ3v) is 2.24. The highest BCUT2D eigenvalue weighted by Crippen LogP contribution is 2.51. The normalized spacial score (nSPS) is 40.4. The molecule has 2 atom stereocenters. The Morgan fingerprint density at radius 3 is 2.44 bits per heavy atom. The zero-order valence-electron chi connectivity index (χ0n) is 5.42. The van der Waals surface area contributed by atoms with Crippen LogP contribution in [0.4, 0.5) is 0 Å². The molecule has 1 rings (SSSR count). The Hall–Kier alpha value is -0.570. The molecule has 0 spiro atoms. The number of hydrogen-bond acceptors (Lipinski definition) is 2. The molecule has 0 aromatic heterocycles. The fraction of sp³-hybridized carbons (Fsp3) is 0.833. The number of carboxylic acids is 1. The maximum absolute atomic E-state index is 10.4. The summed E-state index contributed by atoms with van der Waals surface area (Å²) in [5.41, 5.74) is 4.72. The van der Waals surface area contributed by atoms with Crippen molar-refractivity contribution in [3.8, 4) is 0 Å². The molecule has 3 heteroatoms. The van der Waals surface area contributed by atoms with Crippen molar-refractivity contribution >= 4 is 5.97 Å². The van der Waals surface area contributed by atoms with Crippen molar-refractivity contribution in [2.24, 2.45) is 17.1 Å². The molecule has 0 aliphatic heterocycles. The first kappa shape index (κ1) is 6.55. The molecule has 1 aliphatic rings. The van der Waals surface area contributed by atoms with E-state index in [1.165, 1.54) is 0 Å². The van der Waals surface area contributed by atoms with Crippen LogP contribution in [-0.2, 0) is 4.79 Å². The number of hydrogen-bond donors (Lipinski definition) is 2. The maximum atomic E-state index is 10.4. The Bertz CT molecular complexity index is 142. The molecule has 0 radical (unpaired) electrons. The van der Waals surface area contributed by atoms with Gasteiger partial charge in [0.25, 0.3) is 0 Å². The molecule has 0 amide bonds. The van der Waals surface area contributed by atoms with Gasteiger partial charge in [0.15, 0.2) is 0 Å². The molecule has 1 fully saturated rings. The van der Waals surface area contributed by atoms with Crippen LogP contribution in [0.3, 0.4) is 0 Å². The minimum absolute atomic E-state index is 0.278. The third kappa shape index (κ3) is 0.721. The first-order valence-electron chi connectivity index (χ1n) is 3.07. The van der Waals surface area contributed by atoms with Gasteiger partial charge in [0.05, 0.1) is 5.41 Å². The van der Waals surface area contributed by atoms with Crippen LogP contribution in [0.15, 0.2) is 0 Å². The molecule has 0 bridgehead atoms. The summed E-state index contributed by atoms with van der Waals surface area (Å²) in [5, 5.41) is 8.59. The van der Waals surface area contributed by atoms with Gasteiger partial charge in [-0.1, -0.05) is 6.92 Å². The van der Waals surface area contributed by atoms with Gasteiger partial charge in [-0.3, -0.25) is 4.79 Å². The Balaban J connectivity index is 2.62. The van der Waals surface area contributed by atoms with Crippen molar-refractivity contribution in [1.29, 1.82) is 0 Å². The van der Waals surface area contributed by atoms with Gasteiger partial charge in [-0.2, -0.15) is 0 Å². The van der Waals surface area contributed by atoms with Crippen molar-refractivity contribution in [3.63, 3.8) is 0 Å². The van der Waals surface area contributed by atoms with Crippen LogP contribution in [0, 0.1) is 11.3 Å². The van der Waals surface area contributed by atoms with Crippen molar-refractivity contribution < 1.29 is 9.90 Å². The Labute approximate surface area is 53.9 Å². The lowest BCUT2D eigenvalue weighted by Gasteiger charge is -2.04. The van der Waals surface area contributed by atoms with Gasteiger partial charge in [0.2, 0.25) is 0 Å². The maximum Gasteiger partial charge on any atom is 0.311 e. The lowest BCUT2D eigenvalue weighted by atomic mass is 10.1. The summed E-state index contributed by atoms with van der Waals surface area (Å²) in [4.78, 5) is 10.4. The lowest BCUT2D eigenvalue weighted by Crippen LogP contribution is -2.26. The summed E-state index contributed by atoms with van der Waals surface area (Å²) in [6, 6.07) is 0. The number of aliphatic carboxylic acids is 1. The third-order valence-electron chi connectivity index (χ3n) is 2.24. The van der Waals surface area contributed by atoms with E-state index in [4.69, 9.17) is 10.8 Å². The molecular formula is C6H11NO2. The van der Waals surface area contributed by atoms with E-state index in [9.17, 15) is 4.79 Å². The van der Waals surface area contributed by atoms with Gasteiger partial charge < -0.3 is 10.8 Å².